The Bertz CT molecular complexity index is 451. The van der Waals surface area contributed by atoms with E-state index in [0.29, 0.717) is 31.1 Å². The van der Waals surface area contributed by atoms with E-state index in [9.17, 15) is 4.79 Å². The van der Waals surface area contributed by atoms with Crippen molar-refractivity contribution >= 4 is 5.78 Å². The molecule has 1 aliphatic heterocycles. The number of hydrogen-bond acceptors (Lipinski definition) is 4. The number of benzene rings is 1. The van der Waals surface area contributed by atoms with Crippen molar-refractivity contribution in [2.75, 3.05) is 26.9 Å². The number of ketones is 1. The molecule has 0 spiro atoms. The molecule has 98 valence electrons. The normalized spacial score (nSPS) is 19.6. The molecule has 1 aromatic carbocycles. The third kappa shape index (κ3) is 2.40. The highest BCUT2D eigenvalue weighted by Gasteiger charge is 2.25. The number of aryl methyl sites for hydroxylation is 1. The van der Waals surface area contributed by atoms with Gasteiger partial charge in [-0.1, -0.05) is 6.07 Å². The van der Waals surface area contributed by atoms with Gasteiger partial charge in [-0.2, -0.15) is 0 Å². The van der Waals surface area contributed by atoms with Crippen molar-refractivity contribution in [3.63, 3.8) is 0 Å². The number of ether oxygens (including phenoxy) is 2. The van der Waals surface area contributed by atoms with Gasteiger partial charge in [0.15, 0.2) is 5.78 Å². The Balaban J connectivity index is 2.32. The molecule has 2 rings (SSSR count). The average Bonchev–Trinajstić information content (AvgIpc) is 2.42. The molecule has 0 aliphatic carbocycles. The van der Waals surface area contributed by atoms with Crippen LogP contribution in [-0.4, -0.2) is 38.7 Å². The van der Waals surface area contributed by atoms with E-state index in [0.717, 1.165) is 11.1 Å². The predicted molar refractivity (Wildman–Crippen MR) is 69.4 cm³/mol. The number of hydrogen-bond donors (Lipinski definition) is 1. The molecular weight excluding hydrogens is 230 g/mol. The number of Topliss-reactive ketones (excluding diaryl/α,β-unsaturated/α-hetero) is 1. The van der Waals surface area contributed by atoms with Crippen LogP contribution in [0.2, 0.25) is 0 Å². The first-order valence-corrected chi connectivity index (χ1v) is 6.14. The molecule has 0 saturated carbocycles. The average molecular weight is 249 g/mol. The molecule has 18 heavy (non-hydrogen) atoms. The minimum Gasteiger partial charge on any atom is -0.496 e. The van der Waals surface area contributed by atoms with Gasteiger partial charge < -0.3 is 14.8 Å². The predicted octanol–water partition coefficient (Wildman–Crippen LogP) is 1.48. The van der Waals surface area contributed by atoms with Crippen molar-refractivity contribution in [1.29, 1.82) is 0 Å². The number of rotatable bonds is 3. The number of carbonyl (C=O) groups is 1. The van der Waals surface area contributed by atoms with Crippen LogP contribution in [0.5, 0.6) is 5.75 Å². The number of morpholine rings is 1. The molecule has 1 heterocycles. The quantitative estimate of drug-likeness (QED) is 0.824. The van der Waals surface area contributed by atoms with E-state index in [-0.39, 0.29) is 11.8 Å². The summed E-state index contributed by atoms with van der Waals surface area (Å²) in [7, 11) is 1.60. The summed E-state index contributed by atoms with van der Waals surface area (Å²) in [5.41, 5.74) is 2.76. The van der Waals surface area contributed by atoms with Gasteiger partial charge in [-0.05, 0) is 31.0 Å². The first kappa shape index (κ1) is 13.1. The molecule has 4 nitrogen and oxygen atoms in total. The topological polar surface area (TPSA) is 47.6 Å². The summed E-state index contributed by atoms with van der Waals surface area (Å²) in [5.74, 6) is 0.710. The van der Waals surface area contributed by atoms with Crippen LogP contribution in [0, 0.1) is 13.8 Å². The van der Waals surface area contributed by atoms with Crippen LogP contribution in [0.25, 0.3) is 0 Å². The standard InChI is InChI=1S/C14H19NO3/c1-9-4-5-11(14(17-3)10(9)2)13(16)12-8-18-7-6-15-12/h4-5,12,15H,6-8H2,1-3H3. The third-order valence-electron chi connectivity index (χ3n) is 3.38. The largest absolute Gasteiger partial charge is 0.496 e. The Morgan fingerprint density at radius 2 is 2.22 bits per heavy atom. The van der Waals surface area contributed by atoms with Crippen LogP contribution in [0.4, 0.5) is 0 Å². The fourth-order valence-electron chi connectivity index (χ4n) is 2.17. The maximum absolute atomic E-state index is 12.4. The van der Waals surface area contributed by atoms with Crippen molar-refractivity contribution in [3.8, 4) is 5.75 Å². The molecule has 0 aromatic heterocycles. The maximum Gasteiger partial charge on any atom is 0.185 e. The molecule has 1 fully saturated rings. The molecule has 1 atom stereocenters. The highest BCUT2D eigenvalue weighted by Crippen LogP contribution is 2.27. The summed E-state index contributed by atoms with van der Waals surface area (Å²) in [6.45, 7) is 5.77. The Labute approximate surface area is 107 Å². The zero-order valence-corrected chi connectivity index (χ0v) is 11.1. The monoisotopic (exact) mass is 249 g/mol. The van der Waals surface area contributed by atoms with Crippen molar-refractivity contribution in [2.24, 2.45) is 0 Å². The van der Waals surface area contributed by atoms with Gasteiger partial charge in [-0.25, -0.2) is 0 Å². The first-order valence-electron chi connectivity index (χ1n) is 6.14. The third-order valence-corrected chi connectivity index (χ3v) is 3.38. The number of carbonyl (C=O) groups excluding carboxylic acids is 1. The van der Waals surface area contributed by atoms with Crippen molar-refractivity contribution in [2.45, 2.75) is 19.9 Å². The highest BCUT2D eigenvalue weighted by molar-refractivity contribution is 6.03. The Morgan fingerprint density at radius 3 is 2.83 bits per heavy atom. The zero-order chi connectivity index (χ0) is 13.1. The van der Waals surface area contributed by atoms with Crippen molar-refractivity contribution in [3.05, 3.63) is 28.8 Å². The van der Waals surface area contributed by atoms with E-state index in [1.54, 1.807) is 7.11 Å². The van der Waals surface area contributed by atoms with Gasteiger partial charge in [0, 0.05) is 6.54 Å². The van der Waals surface area contributed by atoms with Gasteiger partial charge in [0.25, 0.3) is 0 Å². The molecule has 0 radical (unpaired) electrons. The second-order valence-electron chi connectivity index (χ2n) is 4.53. The van der Waals surface area contributed by atoms with Crippen molar-refractivity contribution in [1.82, 2.24) is 5.32 Å². The lowest BCUT2D eigenvalue weighted by atomic mass is 9.98. The molecule has 1 aromatic rings. The fourth-order valence-corrected chi connectivity index (χ4v) is 2.17. The van der Waals surface area contributed by atoms with E-state index >= 15 is 0 Å². The highest BCUT2D eigenvalue weighted by atomic mass is 16.5. The van der Waals surface area contributed by atoms with Gasteiger partial charge in [0.2, 0.25) is 0 Å². The second-order valence-corrected chi connectivity index (χ2v) is 4.53. The van der Waals surface area contributed by atoms with Crippen LogP contribution >= 0.6 is 0 Å². The van der Waals surface area contributed by atoms with Crippen LogP contribution in [0.1, 0.15) is 21.5 Å². The van der Waals surface area contributed by atoms with E-state index < -0.39 is 0 Å². The van der Waals surface area contributed by atoms with E-state index in [4.69, 9.17) is 9.47 Å². The van der Waals surface area contributed by atoms with Crippen molar-refractivity contribution < 1.29 is 14.3 Å². The minimum atomic E-state index is -0.269. The van der Waals surface area contributed by atoms with Crippen LogP contribution < -0.4 is 10.1 Å². The molecule has 0 amide bonds. The molecule has 1 N–H and O–H groups in total. The maximum atomic E-state index is 12.4. The Kier molecular flexibility index (Phi) is 3.99. The summed E-state index contributed by atoms with van der Waals surface area (Å²) in [6, 6.07) is 3.52. The van der Waals surface area contributed by atoms with Gasteiger partial charge in [-0.15, -0.1) is 0 Å². The number of nitrogens with one attached hydrogen (secondary N) is 1. The fraction of sp³-hybridized carbons (Fsp3) is 0.500. The SMILES string of the molecule is COc1c(C(=O)C2COCCN2)ccc(C)c1C. The summed E-state index contributed by atoms with van der Waals surface area (Å²) in [6.07, 6.45) is 0. The van der Waals surface area contributed by atoms with Crippen LogP contribution in [-0.2, 0) is 4.74 Å². The van der Waals surface area contributed by atoms with Gasteiger partial charge in [-0.3, -0.25) is 4.79 Å². The first-order chi connectivity index (χ1) is 8.65. The Hall–Kier alpha value is -1.39. The Morgan fingerprint density at radius 1 is 1.44 bits per heavy atom. The molecule has 1 unspecified atom stereocenters. The smallest absolute Gasteiger partial charge is 0.185 e. The molecule has 1 aliphatic rings. The van der Waals surface area contributed by atoms with E-state index in [1.807, 2.05) is 26.0 Å². The number of methoxy groups -OCH3 is 1. The lowest BCUT2D eigenvalue weighted by Crippen LogP contribution is -2.46. The summed E-state index contributed by atoms with van der Waals surface area (Å²) < 4.78 is 10.7. The summed E-state index contributed by atoms with van der Waals surface area (Å²) >= 11 is 0. The summed E-state index contributed by atoms with van der Waals surface area (Å²) in [5, 5.41) is 3.17. The lowest BCUT2D eigenvalue weighted by Gasteiger charge is -2.23. The van der Waals surface area contributed by atoms with Crippen LogP contribution in [0.3, 0.4) is 0 Å². The molecule has 0 bridgehead atoms. The summed E-state index contributed by atoms with van der Waals surface area (Å²) in [4.78, 5) is 12.4. The van der Waals surface area contributed by atoms with Gasteiger partial charge in [0.1, 0.15) is 5.75 Å². The van der Waals surface area contributed by atoms with Crippen LogP contribution in [0.15, 0.2) is 12.1 Å². The molecule has 4 heteroatoms. The van der Waals surface area contributed by atoms with E-state index in [2.05, 4.69) is 5.32 Å². The van der Waals surface area contributed by atoms with Gasteiger partial charge >= 0.3 is 0 Å². The zero-order valence-electron chi connectivity index (χ0n) is 11.1. The minimum absolute atomic E-state index is 0.0367. The second kappa shape index (κ2) is 5.50. The van der Waals surface area contributed by atoms with E-state index in [1.165, 1.54) is 0 Å². The molecule has 1 saturated heterocycles. The lowest BCUT2D eigenvalue weighted by molar-refractivity contribution is 0.0605. The molecular formula is C14H19NO3. The van der Waals surface area contributed by atoms with Gasteiger partial charge in [0.05, 0.1) is 31.9 Å².